The zero-order chi connectivity index (χ0) is 9.97. The average Bonchev–Trinajstić information content (AvgIpc) is 2.13. The number of hydrogen-bond donors (Lipinski definition) is 0. The summed E-state index contributed by atoms with van der Waals surface area (Å²) >= 11 is 0. The van der Waals surface area contributed by atoms with Crippen molar-refractivity contribution in [1.29, 1.82) is 0 Å². The number of halogens is 1. The molecule has 3 nitrogen and oxygen atoms in total. The molecule has 1 heterocycles. The van der Waals surface area contributed by atoms with E-state index in [0.717, 1.165) is 12.8 Å². The van der Waals surface area contributed by atoms with Crippen LogP contribution in [0.2, 0.25) is 0 Å². The van der Waals surface area contributed by atoms with Crippen LogP contribution in [0.15, 0.2) is 18.3 Å². The molecule has 14 heavy (non-hydrogen) atoms. The quantitative estimate of drug-likeness (QED) is 0.679. The van der Waals surface area contributed by atoms with Gasteiger partial charge in [0.2, 0.25) is 0 Å². The van der Waals surface area contributed by atoms with Crippen LogP contribution in [-0.2, 0) is 0 Å². The number of rotatable bonds is 3. The summed E-state index contributed by atoms with van der Waals surface area (Å²) in [7, 11) is 1.48. The van der Waals surface area contributed by atoms with Crippen LogP contribution < -0.4 is 14.3 Å². The molecule has 76 valence electrons. The lowest BCUT2D eigenvalue weighted by molar-refractivity contribution is -0.888. The van der Waals surface area contributed by atoms with Crippen molar-refractivity contribution in [2.24, 2.45) is 0 Å². The lowest BCUT2D eigenvalue weighted by Crippen LogP contribution is -2.44. The van der Waals surface area contributed by atoms with Crippen LogP contribution in [0.3, 0.4) is 0 Å². The summed E-state index contributed by atoms with van der Waals surface area (Å²) < 4.78 is 19.7. The van der Waals surface area contributed by atoms with E-state index in [1.54, 1.807) is 6.07 Å². The third-order valence-corrected chi connectivity index (χ3v) is 2.38. The van der Waals surface area contributed by atoms with Gasteiger partial charge in [0.05, 0.1) is 10.8 Å². The van der Waals surface area contributed by atoms with Crippen LogP contribution in [0.25, 0.3) is 0 Å². The van der Waals surface area contributed by atoms with Crippen molar-refractivity contribution >= 4 is 0 Å². The minimum Gasteiger partial charge on any atom is -0.438 e. The van der Waals surface area contributed by atoms with Crippen molar-refractivity contribution in [3.05, 3.63) is 24.1 Å². The van der Waals surface area contributed by atoms with E-state index in [9.17, 15) is 4.39 Å². The van der Waals surface area contributed by atoms with Crippen molar-refractivity contribution in [3.63, 3.8) is 0 Å². The van der Waals surface area contributed by atoms with Gasteiger partial charge in [-0.3, -0.25) is 4.84 Å². The number of pyridine rings is 1. The molecule has 0 aliphatic heterocycles. The van der Waals surface area contributed by atoms with Gasteiger partial charge in [-0.1, -0.05) is 0 Å². The molecule has 0 saturated heterocycles. The average molecular weight is 198 g/mol. The Labute approximate surface area is 82.0 Å². The molecule has 1 aromatic rings. The highest BCUT2D eigenvalue weighted by Gasteiger charge is 2.24. The third kappa shape index (κ3) is 1.78. The molecule has 0 bridgehead atoms. The van der Waals surface area contributed by atoms with Gasteiger partial charge in [0.15, 0.2) is 5.82 Å². The van der Waals surface area contributed by atoms with Crippen LogP contribution in [-0.4, -0.2) is 13.2 Å². The van der Waals surface area contributed by atoms with Gasteiger partial charge in [-0.05, 0) is 25.3 Å². The predicted molar refractivity (Wildman–Crippen MR) is 47.4 cm³/mol. The first-order chi connectivity index (χ1) is 6.79. The van der Waals surface area contributed by atoms with E-state index in [-0.39, 0.29) is 11.9 Å². The Morgan fingerprint density at radius 1 is 1.43 bits per heavy atom. The summed E-state index contributed by atoms with van der Waals surface area (Å²) in [5.74, 6) is 0.214. The zero-order valence-electron chi connectivity index (χ0n) is 8.07. The Hall–Kier alpha value is -1.32. The largest absolute Gasteiger partial charge is 0.438 e. The normalized spacial score (nSPS) is 16.1. The molecule has 1 saturated carbocycles. The fraction of sp³-hybridized carbons (Fsp3) is 0.500. The van der Waals surface area contributed by atoms with Crippen LogP contribution in [0, 0.1) is 5.82 Å². The second-order valence-corrected chi connectivity index (χ2v) is 3.36. The molecule has 0 N–H and O–H groups in total. The van der Waals surface area contributed by atoms with E-state index in [1.165, 1.54) is 30.5 Å². The lowest BCUT2D eigenvalue weighted by atomic mass is 9.96. The summed E-state index contributed by atoms with van der Waals surface area (Å²) in [6, 6.07) is 2.95. The van der Waals surface area contributed by atoms with Gasteiger partial charge in [-0.25, -0.2) is 4.39 Å². The highest BCUT2D eigenvalue weighted by atomic mass is 19.1. The van der Waals surface area contributed by atoms with Crippen molar-refractivity contribution in [2.45, 2.75) is 25.4 Å². The molecule has 4 heteroatoms. The second-order valence-electron chi connectivity index (χ2n) is 3.36. The highest BCUT2D eigenvalue weighted by molar-refractivity contribution is 5.04. The minimum atomic E-state index is -0.340. The maximum absolute atomic E-state index is 12.8. The molecule has 0 aromatic carbocycles. The fourth-order valence-electron chi connectivity index (χ4n) is 1.34. The van der Waals surface area contributed by atoms with E-state index < -0.39 is 0 Å². The molecule has 0 spiro atoms. The Morgan fingerprint density at radius 3 is 2.79 bits per heavy atom. The van der Waals surface area contributed by atoms with Crippen molar-refractivity contribution in [1.82, 2.24) is 0 Å². The minimum absolute atomic E-state index is 0.266. The van der Waals surface area contributed by atoms with Gasteiger partial charge in [0.1, 0.15) is 13.2 Å². The molecule has 0 unspecified atom stereocenters. The first kappa shape index (κ1) is 9.24. The monoisotopic (exact) mass is 198 g/mol. The third-order valence-electron chi connectivity index (χ3n) is 2.38. The fourth-order valence-corrected chi connectivity index (χ4v) is 1.34. The van der Waals surface area contributed by atoms with E-state index >= 15 is 0 Å². The van der Waals surface area contributed by atoms with Crippen molar-refractivity contribution in [2.75, 3.05) is 7.11 Å². The van der Waals surface area contributed by atoms with E-state index in [0.29, 0.717) is 5.88 Å². The van der Waals surface area contributed by atoms with Crippen molar-refractivity contribution < 1.29 is 18.7 Å². The van der Waals surface area contributed by atoms with E-state index in [1.807, 2.05) is 0 Å². The van der Waals surface area contributed by atoms with Gasteiger partial charge >= 0.3 is 5.88 Å². The molecular formula is C10H13FNO2+. The zero-order valence-corrected chi connectivity index (χ0v) is 8.07. The van der Waals surface area contributed by atoms with Gasteiger partial charge in [0, 0.05) is 0 Å². The number of ether oxygens (including phenoxy) is 1. The molecule has 0 radical (unpaired) electrons. The molecule has 1 fully saturated rings. The second kappa shape index (κ2) is 3.82. The molecule has 1 aromatic heterocycles. The Bertz CT molecular complexity index is 326. The Kier molecular flexibility index (Phi) is 2.52. The molecule has 0 atom stereocenters. The maximum atomic E-state index is 12.8. The Balaban J connectivity index is 2.14. The molecule has 1 aliphatic rings. The van der Waals surface area contributed by atoms with Gasteiger partial charge in [-0.2, -0.15) is 0 Å². The number of aromatic nitrogens is 1. The van der Waals surface area contributed by atoms with E-state index in [2.05, 4.69) is 0 Å². The molecule has 0 amide bonds. The van der Waals surface area contributed by atoms with Crippen LogP contribution in [0.5, 0.6) is 5.88 Å². The van der Waals surface area contributed by atoms with Gasteiger partial charge < -0.3 is 4.74 Å². The first-order valence-corrected chi connectivity index (χ1v) is 4.72. The van der Waals surface area contributed by atoms with Gasteiger partial charge in [0.25, 0.3) is 6.20 Å². The van der Waals surface area contributed by atoms with Crippen LogP contribution in [0.1, 0.15) is 19.3 Å². The van der Waals surface area contributed by atoms with Crippen LogP contribution in [0.4, 0.5) is 4.39 Å². The molecule has 2 rings (SSSR count). The predicted octanol–water partition coefficient (Wildman–Crippen LogP) is 1.10. The summed E-state index contributed by atoms with van der Waals surface area (Å²) in [6.07, 6.45) is 4.87. The SMILES string of the molecule is CO[n+]1cc(F)ccc1OC1CCC1. The standard InChI is InChI=1S/C10H13FNO2/c1-13-12-7-8(11)5-6-10(12)14-9-3-2-4-9/h5-7,9H,2-4H2,1H3/q+1. The Morgan fingerprint density at radius 2 is 2.21 bits per heavy atom. The van der Waals surface area contributed by atoms with Gasteiger partial charge in [-0.15, -0.1) is 0 Å². The summed E-state index contributed by atoms with van der Waals surface area (Å²) in [5.41, 5.74) is 0. The lowest BCUT2D eigenvalue weighted by Gasteiger charge is -2.23. The summed E-state index contributed by atoms with van der Waals surface area (Å²) in [4.78, 5) is 4.95. The van der Waals surface area contributed by atoms with Crippen LogP contribution >= 0.6 is 0 Å². The smallest absolute Gasteiger partial charge is 0.417 e. The first-order valence-electron chi connectivity index (χ1n) is 4.72. The molecular weight excluding hydrogens is 185 g/mol. The van der Waals surface area contributed by atoms with Crippen molar-refractivity contribution in [3.8, 4) is 5.88 Å². The topological polar surface area (TPSA) is 22.3 Å². The summed E-state index contributed by atoms with van der Waals surface area (Å²) in [6.45, 7) is 0. The van der Waals surface area contributed by atoms with E-state index in [4.69, 9.17) is 9.57 Å². The number of nitrogens with zero attached hydrogens (tertiary/aromatic N) is 1. The number of hydrogen-bond acceptors (Lipinski definition) is 2. The highest BCUT2D eigenvalue weighted by Crippen LogP contribution is 2.23. The molecule has 1 aliphatic carbocycles. The summed E-state index contributed by atoms with van der Waals surface area (Å²) in [5, 5.41) is 0. The maximum Gasteiger partial charge on any atom is 0.417 e.